The van der Waals surface area contributed by atoms with Crippen LogP contribution in [0.3, 0.4) is 0 Å². The molecule has 1 heterocycles. The smallest absolute Gasteiger partial charge is 0.102 e. The van der Waals surface area contributed by atoms with Crippen molar-refractivity contribution >= 4 is 17.8 Å². The normalized spacial score (nSPS) is 10.3. The SMILES string of the molecule is O=N/N=C/c1ncccc1Cl. The van der Waals surface area contributed by atoms with E-state index in [9.17, 15) is 4.91 Å². The van der Waals surface area contributed by atoms with Gasteiger partial charge in [-0.15, -0.1) is 10.0 Å². The summed E-state index contributed by atoms with van der Waals surface area (Å²) in [5.41, 5.74) is 0.439. The predicted molar refractivity (Wildman–Crippen MR) is 42.6 cm³/mol. The summed E-state index contributed by atoms with van der Waals surface area (Å²) in [5.74, 6) is 0. The van der Waals surface area contributed by atoms with Crippen LogP contribution in [0.1, 0.15) is 5.69 Å². The van der Waals surface area contributed by atoms with Gasteiger partial charge in [-0.1, -0.05) is 11.6 Å². The van der Waals surface area contributed by atoms with E-state index in [4.69, 9.17) is 11.6 Å². The van der Waals surface area contributed by atoms with Crippen LogP contribution in [-0.4, -0.2) is 11.2 Å². The number of aromatic nitrogens is 1. The van der Waals surface area contributed by atoms with Gasteiger partial charge in [0.2, 0.25) is 0 Å². The van der Waals surface area contributed by atoms with E-state index in [-0.39, 0.29) is 0 Å². The Morgan fingerprint density at radius 1 is 1.64 bits per heavy atom. The van der Waals surface area contributed by atoms with E-state index in [2.05, 4.69) is 15.4 Å². The Bertz CT molecular complexity index is 287. The van der Waals surface area contributed by atoms with E-state index >= 15 is 0 Å². The average Bonchev–Trinajstić information content (AvgIpc) is 2.03. The quantitative estimate of drug-likeness (QED) is 0.385. The van der Waals surface area contributed by atoms with E-state index in [1.807, 2.05) is 0 Å². The van der Waals surface area contributed by atoms with Crippen LogP contribution in [0.4, 0.5) is 0 Å². The molecular weight excluding hydrogens is 166 g/mol. The summed E-state index contributed by atoms with van der Waals surface area (Å²) < 4.78 is 0. The molecule has 0 saturated heterocycles. The van der Waals surface area contributed by atoms with Gasteiger partial charge in [-0.25, -0.2) is 0 Å². The number of nitrogens with zero attached hydrogens (tertiary/aromatic N) is 3. The Labute approximate surface area is 67.9 Å². The largest absolute Gasteiger partial charge is 0.254 e. The fourth-order valence-corrected chi connectivity index (χ4v) is 0.741. The number of hydrogen-bond donors (Lipinski definition) is 0. The number of hydrogen-bond acceptors (Lipinski definition) is 3. The molecule has 0 aromatic carbocycles. The van der Waals surface area contributed by atoms with Crippen molar-refractivity contribution in [3.8, 4) is 0 Å². The Morgan fingerprint density at radius 2 is 2.45 bits per heavy atom. The van der Waals surface area contributed by atoms with Crippen molar-refractivity contribution in [3.05, 3.63) is 34.0 Å². The van der Waals surface area contributed by atoms with Crippen LogP contribution in [0.15, 0.2) is 28.7 Å². The molecular formula is C6H4ClN3O. The first-order valence-corrected chi connectivity index (χ1v) is 3.18. The Balaban J connectivity index is 2.94. The van der Waals surface area contributed by atoms with E-state index in [0.717, 1.165) is 0 Å². The van der Waals surface area contributed by atoms with Crippen LogP contribution in [0.25, 0.3) is 0 Å². The molecule has 0 atom stereocenters. The molecule has 0 unspecified atom stereocenters. The van der Waals surface area contributed by atoms with Gasteiger partial charge in [0.1, 0.15) is 5.69 Å². The summed E-state index contributed by atoms with van der Waals surface area (Å²) in [6, 6.07) is 3.34. The minimum absolute atomic E-state index is 0.439. The van der Waals surface area contributed by atoms with E-state index in [1.54, 1.807) is 18.3 Å². The Hall–Kier alpha value is -1.29. The molecule has 0 N–H and O–H groups in total. The second kappa shape index (κ2) is 3.78. The predicted octanol–water partition coefficient (Wildman–Crippen LogP) is 1.84. The second-order valence-electron chi connectivity index (χ2n) is 1.70. The Kier molecular flexibility index (Phi) is 2.68. The molecule has 0 aliphatic rings. The maximum Gasteiger partial charge on any atom is 0.102 e. The highest BCUT2D eigenvalue weighted by Gasteiger charge is 1.94. The van der Waals surface area contributed by atoms with Crippen LogP contribution < -0.4 is 0 Å². The highest BCUT2D eigenvalue weighted by molar-refractivity contribution is 6.32. The molecule has 0 spiro atoms. The summed E-state index contributed by atoms with van der Waals surface area (Å²) in [6.45, 7) is 0. The lowest BCUT2D eigenvalue weighted by Crippen LogP contribution is -1.86. The minimum atomic E-state index is 0.439. The number of halogens is 1. The first-order chi connectivity index (χ1) is 5.34. The molecule has 0 aliphatic heterocycles. The molecule has 0 fully saturated rings. The van der Waals surface area contributed by atoms with Crippen LogP contribution >= 0.6 is 11.6 Å². The van der Waals surface area contributed by atoms with Crippen molar-refractivity contribution in [3.63, 3.8) is 0 Å². The summed E-state index contributed by atoms with van der Waals surface area (Å²) in [7, 11) is 0. The van der Waals surface area contributed by atoms with E-state index < -0.39 is 0 Å². The highest BCUT2D eigenvalue weighted by atomic mass is 35.5. The fraction of sp³-hybridized carbons (Fsp3) is 0. The number of pyridine rings is 1. The zero-order valence-electron chi connectivity index (χ0n) is 5.44. The molecule has 0 bridgehead atoms. The van der Waals surface area contributed by atoms with Crippen LogP contribution in [0.2, 0.25) is 5.02 Å². The van der Waals surface area contributed by atoms with Crippen molar-refractivity contribution in [1.29, 1.82) is 0 Å². The van der Waals surface area contributed by atoms with Gasteiger partial charge in [-0.2, -0.15) is 0 Å². The second-order valence-corrected chi connectivity index (χ2v) is 2.10. The molecule has 1 rings (SSSR count). The summed E-state index contributed by atoms with van der Waals surface area (Å²) in [5, 5.41) is 5.84. The van der Waals surface area contributed by atoms with Crippen molar-refractivity contribution in [2.75, 3.05) is 0 Å². The van der Waals surface area contributed by atoms with Crippen molar-refractivity contribution in [2.24, 2.45) is 10.4 Å². The average molecular weight is 170 g/mol. The maximum absolute atomic E-state index is 9.57. The fourth-order valence-electron chi connectivity index (χ4n) is 0.571. The molecule has 1 aromatic heterocycles. The van der Waals surface area contributed by atoms with Gasteiger partial charge in [0.05, 0.1) is 16.5 Å². The topological polar surface area (TPSA) is 54.7 Å². The molecule has 5 heteroatoms. The lowest BCUT2D eigenvalue weighted by Gasteiger charge is -1.91. The Morgan fingerprint density at radius 3 is 3.09 bits per heavy atom. The van der Waals surface area contributed by atoms with Gasteiger partial charge in [0.25, 0.3) is 0 Å². The molecule has 4 nitrogen and oxygen atoms in total. The first-order valence-electron chi connectivity index (χ1n) is 2.81. The zero-order valence-corrected chi connectivity index (χ0v) is 6.19. The molecule has 11 heavy (non-hydrogen) atoms. The molecule has 0 amide bonds. The number of rotatable bonds is 2. The molecule has 1 aromatic rings. The summed E-state index contributed by atoms with van der Waals surface area (Å²) in [4.78, 5) is 13.4. The maximum atomic E-state index is 9.57. The molecule has 0 saturated carbocycles. The van der Waals surface area contributed by atoms with Crippen LogP contribution in [0.5, 0.6) is 0 Å². The molecule has 0 radical (unpaired) electrons. The van der Waals surface area contributed by atoms with Gasteiger partial charge in [0, 0.05) is 6.20 Å². The van der Waals surface area contributed by atoms with Crippen LogP contribution in [0, 0.1) is 4.91 Å². The van der Waals surface area contributed by atoms with Gasteiger partial charge in [-0.05, 0) is 12.1 Å². The molecule has 0 aliphatic carbocycles. The van der Waals surface area contributed by atoms with Crippen molar-refractivity contribution < 1.29 is 0 Å². The van der Waals surface area contributed by atoms with Crippen molar-refractivity contribution in [1.82, 2.24) is 4.98 Å². The van der Waals surface area contributed by atoms with E-state index in [1.165, 1.54) is 6.21 Å². The third-order valence-corrected chi connectivity index (χ3v) is 1.33. The minimum Gasteiger partial charge on any atom is -0.254 e. The van der Waals surface area contributed by atoms with Gasteiger partial charge in [0.15, 0.2) is 0 Å². The lowest BCUT2D eigenvalue weighted by molar-refractivity contribution is 1.21. The standard InChI is InChI=1S/C6H4ClN3O/c7-5-2-1-3-8-6(5)4-9-10-11/h1-4H/b9-4+. The summed E-state index contributed by atoms with van der Waals surface area (Å²) in [6.07, 6.45) is 2.76. The van der Waals surface area contributed by atoms with Gasteiger partial charge in [-0.3, -0.25) is 4.98 Å². The zero-order chi connectivity index (χ0) is 8.10. The summed E-state index contributed by atoms with van der Waals surface area (Å²) >= 11 is 5.66. The van der Waals surface area contributed by atoms with Gasteiger partial charge >= 0.3 is 0 Å². The highest BCUT2D eigenvalue weighted by Crippen LogP contribution is 2.09. The van der Waals surface area contributed by atoms with Crippen molar-refractivity contribution in [2.45, 2.75) is 0 Å². The lowest BCUT2D eigenvalue weighted by atomic mass is 10.4. The molecule has 56 valence electrons. The third-order valence-electron chi connectivity index (χ3n) is 1.01. The van der Waals surface area contributed by atoms with Crippen LogP contribution in [-0.2, 0) is 0 Å². The van der Waals surface area contributed by atoms with Gasteiger partial charge < -0.3 is 0 Å². The first kappa shape index (κ1) is 7.81. The third kappa shape index (κ3) is 2.09. The monoisotopic (exact) mass is 169 g/mol. The van der Waals surface area contributed by atoms with E-state index in [0.29, 0.717) is 10.7 Å². The number of nitroso groups, excluding NO2 is 1.